The number of pyridine rings is 2. The minimum Gasteiger partial charge on any atom is -0.398 e. The lowest BCUT2D eigenvalue weighted by Gasteiger charge is -2.36. The smallest absolute Gasteiger partial charge is 0.274 e. The molecule has 0 aliphatic carbocycles. The number of amides is 1. The van der Waals surface area contributed by atoms with Crippen LogP contribution in [-0.4, -0.2) is 34.7 Å². The first-order chi connectivity index (χ1) is 16.7. The third-order valence-corrected chi connectivity index (χ3v) is 6.23. The van der Waals surface area contributed by atoms with Crippen molar-refractivity contribution in [1.82, 2.24) is 9.97 Å². The van der Waals surface area contributed by atoms with Crippen molar-refractivity contribution < 1.29 is 4.79 Å². The summed E-state index contributed by atoms with van der Waals surface area (Å²) < 4.78 is 0. The van der Waals surface area contributed by atoms with Gasteiger partial charge in [0.1, 0.15) is 17.6 Å². The molecule has 178 valence electrons. The topological polar surface area (TPSA) is 132 Å². The molecule has 3 aromatic rings. The Bertz CT molecular complexity index is 1320. The highest BCUT2D eigenvalue weighted by Crippen LogP contribution is 2.27. The van der Waals surface area contributed by atoms with Crippen LogP contribution in [0.2, 0.25) is 0 Å². The number of aromatic nitrogens is 2. The number of piperidine rings is 1. The molecule has 1 aromatic carbocycles. The summed E-state index contributed by atoms with van der Waals surface area (Å²) in [6.45, 7) is 8.13. The highest BCUT2D eigenvalue weighted by molar-refractivity contribution is 6.15. The SMILES string of the molecule is Cc1cc(C#N)cnc1C(=O)Nc1ccc(N)c(C(=N)c2ccnc(N3C[C@H](C)C[C@H](C)C3)c2)c1. The second kappa shape index (κ2) is 9.94. The number of nitriles is 1. The largest absolute Gasteiger partial charge is 0.398 e. The lowest BCUT2D eigenvalue weighted by Crippen LogP contribution is -2.39. The number of carbonyl (C=O) groups is 1. The van der Waals surface area contributed by atoms with Crippen molar-refractivity contribution in [3.8, 4) is 6.07 Å². The molecule has 2 aromatic heterocycles. The molecule has 3 heterocycles. The van der Waals surface area contributed by atoms with Crippen molar-refractivity contribution in [2.24, 2.45) is 11.8 Å². The summed E-state index contributed by atoms with van der Waals surface area (Å²) in [6.07, 6.45) is 4.31. The zero-order valence-electron chi connectivity index (χ0n) is 20.2. The van der Waals surface area contributed by atoms with E-state index in [-0.39, 0.29) is 11.4 Å². The van der Waals surface area contributed by atoms with Gasteiger partial charge < -0.3 is 16.0 Å². The summed E-state index contributed by atoms with van der Waals surface area (Å²) in [5, 5.41) is 20.7. The van der Waals surface area contributed by atoms with E-state index >= 15 is 0 Å². The van der Waals surface area contributed by atoms with Crippen molar-refractivity contribution in [1.29, 1.82) is 10.7 Å². The highest BCUT2D eigenvalue weighted by atomic mass is 16.1. The molecule has 1 aliphatic rings. The molecule has 8 heteroatoms. The number of aryl methyl sites for hydroxylation is 1. The zero-order chi connectivity index (χ0) is 25.1. The Kier molecular flexibility index (Phi) is 6.78. The first-order valence-electron chi connectivity index (χ1n) is 11.6. The van der Waals surface area contributed by atoms with Crippen LogP contribution in [0, 0.1) is 35.5 Å². The van der Waals surface area contributed by atoms with Crippen LogP contribution >= 0.6 is 0 Å². The van der Waals surface area contributed by atoms with Gasteiger partial charge in [0, 0.05) is 48.0 Å². The van der Waals surface area contributed by atoms with Gasteiger partial charge in [0.25, 0.3) is 5.91 Å². The Balaban J connectivity index is 1.57. The second-order valence-corrected chi connectivity index (χ2v) is 9.39. The number of nitrogens with one attached hydrogen (secondary N) is 2. The fourth-order valence-corrected chi connectivity index (χ4v) is 4.67. The van der Waals surface area contributed by atoms with Crippen LogP contribution in [0.5, 0.6) is 0 Å². The molecule has 0 unspecified atom stereocenters. The standard InChI is InChI=1S/C27H29N7O/c1-16-8-17(2)15-34(14-16)24-10-20(6-7-31-24)25(30)22-11-21(4-5-23(22)29)33-27(35)26-18(3)9-19(12-28)13-32-26/h4-7,9-11,13,16-17,30H,8,14-15,29H2,1-3H3,(H,33,35)/t16-,17+. The number of anilines is 3. The maximum atomic E-state index is 12.8. The molecule has 0 saturated carbocycles. The highest BCUT2D eigenvalue weighted by Gasteiger charge is 2.23. The molecule has 0 bridgehead atoms. The van der Waals surface area contributed by atoms with Crippen LogP contribution in [-0.2, 0) is 0 Å². The van der Waals surface area contributed by atoms with Gasteiger partial charge in [0.2, 0.25) is 0 Å². The molecule has 8 nitrogen and oxygen atoms in total. The van der Waals surface area contributed by atoms with Crippen molar-refractivity contribution in [3.63, 3.8) is 0 Å². The van der Waals surface area contributed by atoms with Crippen LogP contribution in [0.4, 0.5) is 17.2 Å². The molecule has 1 amide bonds. The van der Waals surface area contributed by atoms with Crippen LogP contribution in [0.15, 0.2) is 48.8 Å². The molecular weight excluding hydrogens is 438 g/mol. The van der Waals surface area contributed by atoms with E-state index in [1.165, 1.54) is 12.6 Å². The predicted molar refractivity (Wildman–Crippen MR) is 138 cm³/mol. The molecule has 1 saturated heterocycles. The molecule has 35 heavy (non-hydrogen) atoms. The Morgan fingerprint density at radius 2 is 1.91 bits per heavy atom. The Labute approximate surface area is 205 Å². The lowest BCUT2D eigenvalue weighted by atomic mass is 9.92. The molecule has 1 aliphatic heterocycles. The fraction of sp³-hybridized carbons (Fsp3) is 0.296. The Hall–Kier alpha value is -4.25. The van der Waals surface area contributed by atoms with E-state index in [2.05, 4.69) is 34.0 Å². The van der Waals surface area contributed by atoms with Crippen LogP contribution < -0.4 is 16.0 Å². The number of nitrogen functional groups attached to an aromatic ring is 1. The summed E-state index contributed by atoms with van der Waals surface area (Å²) in [7, 11) is 0. The van der Waals surface area contributed by atoms with E-state index in [0.717, 1.165) is 18.9 Å². The average molecular weight is 468 g/mol. The van der Waals surface area contributed by atoms with E-state index < -0.39 is 5.91 Å². The maximum absolute atomic E-state index is 12.8. The van der Waals surface area contributed by atoms with Gasteiger partial charge in [0.05, 0.1) is 11.3 Å². The van der Waals surface area contributed by atoms with Crippen molar-refractivity contribution in [2.75, 3.05) is 29.0 Å². The number of nitrogens with zero attached hydrogens (tertiary/aromatic N) is 4. The predicted octanol–water partition coefficient (Wildman–Crippen LogP) is 4.39. The summed E-state index contributed by atoms with van der Waals surface area (Å²) in [5.41, 5.74) is 9.89. The Morgan fingerprint density at radius 3 is 2.60 bits per heavy atom. The fourth-order valence-electron chi connectivity index (χ4n) is 4.67. The summed E-state index contributed by atoms with van der Waals surface area (Å²) in [5.74, 6) is 1.65. The first-order valence-corrected chi connectivity index (χ1v) is 11.6. The molecule has 2 atom stereocenters. The van der Waals surface area contributed by atoms with Crippen molar-refractivity contribution in [2.45, 2.75) is 27.2 Å². The third kappa shape index (κ3) is 5.30. The molecule has 0 spiro atoms. The van der Waals surface area contributed by atoms with Gasteiger partial charge in [-0.25, -0.2) is 9.97 Å². The van der Waals surface area contributed by atoms with E-state index in [4.69, 9.17) is 16.4 Å². The van der Waals surface area contributed by atoms with Gasteiger partial charge in [-0.15, -0.1) is 0 Å². The zero-order valence-corrected chi connectivity index (χ0v) is 20.2. The summed E-state index contributed by atoms with van der Waals surface area (Å²) >= 11 is 0. The average Bonchev–Trinajstić information content (AvgIpc) is 2.84. The molecule has 0 radical (unpaired) electrons. The van der Waals surface area contributed by atoms with Gasteiger partial charge in [-0.05, 0) is 67.1 Å². The number of benzene rings is 1. The molecule has 4 rings (SSSR count). The summed E-state index contributed by atoms with van der Waals surface area (Å²) in [4.78, 5) is 23.7. The third-order valence-electron chi connectivity index (χ3n) is 6.23. The summed E-state index contributed by atoms with van der Waals surface area (Å²) in [6, 6.07) is 12.4. The Morgan fingerprint density at radius 1 is 1.17 bits per heavy atom. The monoisotopic (exact) mass is 467 g/mol. The van der Waals surface area contributed by atoms with Gasteiger partial charge in [-0.1, -0.05) is 13.8 Å². The number of hydrogen-bond acceptors (Lipinski definition) is 7. The quantitative estimate of drug-likeness (QED) is 0.377. The van der Waals surface area contributed by atoms with Crippen LogP contribution in [0.1, 0.15) is 53.0 Å². The normalized spacial score (nSPS) is 17.5. The molecular formula is C27H29N7O. The van der Waals surface area contributed by atoms with E-state index in [1.807, 2.05) is 12.1 Å². The number of nitrogens with two attached hydrogens (primary N) is 1. The van der Waals surface area contributed by atoms with Gasteiger partial charge >= 0.3 is 0 Å². The van der Waals surface area contributed by atoms with E-state index in [9.17, 15) is 4.79 Å². The van der Waals surface area contributed by atoms with Crippen molar-refractivity contribution in [3.05, 3.63) is 76.7 Å². The molecule has 4 N–H and O–H groups in total. The number of rotatable bonds is 5. The van der Waals surface area contributed by atoms with Crippen LogP contribution in [0.3, 0.4) is 0 Å². The van der Waals surface area contributed by atoms with E-state index in [1.54, 1.807) is 43.5 Å². The second-order valence-electron chi connectivity index (χ2n) is 9.39. The van der Waals surface area contributed by atoms with E-state index in [0.29, 0.717) is 45.5 Å². The van der Waals surface area contributed by atoms with Gasteiger partial charge in [-0.3, -0.25) is 10.2 Å². The maximum Gasteiger partial charge on any atom is 0.274 e. The van der Waals surface area contributed by atoms with Gasteiger partial charge in [-0.2, -0.15) is 5.26 Å². The minimum atomic E-state index is -0.395. The van der Waals surface area contributed by atoms with Crippen molar-refractivity contribution >= 4 is 28.8 Å². The number of hydrogen-bond donors (Lipinski definition) is 3. The van der Waals surface area contributed by atoms with Gasteiger partial charge in [0.15, 0.2) is 0 Å². The molecule has 1 fully saturated rings. The minimum absolute atomic E-state index is 0.237. The first kappa shape index (κ1) is 23.9. The lowest BCUT2D eigenvalue weighted by molar-refractivity contribution is 0.102. The van der Waals surface area contributed by atoms with Crippen LogP contribution in [0.25, 0.3) is 0 Å². The number of carbonyl (C=O) groups excluding carboxylic acids is 1.